The number of hydrogen-bond acceptors (Lipinski definition) is 4. The maximum atomic E-state index is 12.5. The van der Waals surface area contributed by atoms with Crippen LogP contribution in [0.5, 0.6) is 5.75 Å². The van der Waals surface area contributed by atoms with E-state index in [1.165, 1.54) is 0 Å². The lowest BCUT2D eigenvalue weighted by molar-refractivity contribution is -0.125. The molecule has 0 aliphatic carbocycles. The van der Waals surface area contributed by atoms with Gasteiger partial charge < -0.3 is 20.7 Å². The van der Waals surface area contributed by atoms with E-state index < -0.39 is 5.41 Å². The number of hydrogen-bond donors (Lipinski definition) is 2. The van der Waals surface area contributed by atoms with Crippen molar-refractivity contribution in [1.82, 2.24) is 4.90 Å². The van der Waals surface area contributed by atoms with Crippen molar-refractivity contribution in [3.8, 4) is 5.75 Å². The summed E-state index contributed by atoms with van der Waals surface area (Å²) in [5, 5.41) is 3.39. The summed E-state index contributed by atoms with van der Waals surface area (Å²) in [4.78, 5) is 14.5. The maximum Gasteiger partial charge on any atom is 0.231 e. The smallest absolute Gasteiger partial charge is 0.231 e. The minimum atomic E-state index is -0.534. The number of anilines is 1. The van der Waals surface area contributed by atoms with Crippen LogP contribution in [-0.2, 0) is 4.79 Å². The molecule has 0 aliphatic heterocycles. The van der Waals surface area contributed by atoms with Crippen LogP contribution in [0, 0.1) is 5.41 Å². The molecular formula is C17H28ClN3O2. The first-order chi connectivity index (χ1) is 10.9. The first kappa shape index (κ1) is 19.7. The maximum absolute atomic E-state index is 12.5. The normalized spacial score (nSPS) is 11.6. The molecule has 1 aromatic rings. The van der Waals surface area contributed by atoms with Crippen molar-refractivity contribution < 1.29 is 9.53 Å². The van der Waals surface area contributed by atoms with E-state index in [2.05, 4.69) is 5.32 Å². The minimum Gasteiger partial charge on any atom is -0.491 e. The van der Waals surface area contributed by atoms with Gasteiger partial charge in [0.1, 0.15) is 12.4 Å². The number of amides is 1. The van der Waals surface area contributed by atoms with Gasteiger partial charge in [-0.05, 0) is 45.1 Å². The fraction of sp³-hybridized carbons (Fsp3) is 0.588. The van der Waals surface area contributed by atoms with Gasteiger partial charge in [0.25, 0.3) is 0 Å². The third-order valence-electron chi connectivity index (χ3n) is 4.21. The number of halogens is 1. The Kier molecular flexibility index (Phi) is 7.82. The van der Waals surface area contributed by atoms with Gasteiger partial charge in [-0.25, -0.2) is 0 Å². The zero-order valence-corrected chi connectivity index (χ0v) is 15.2. The molecule has 1 rings (SSSR count). The molecule has 0 saturated carbocycles. The van der Waals surface area contributed by atoms with E-state index in [1.54, 1.807) is 18.2 Å². The van der Waals surface area contributed by atoms with E-state index in [-0.39, 0.29) is 5.91 Å². The number of carbonyl (C=O) groups is 1. The molecule has 0 spiro atoms. The SMILES string of the molecule is CCC(CC)(CN)C(=O)Nc1ccc(OCCN(C)C)c(Cl)c1. The Morgan fingerprint density at radius 2 is 2.00 bits per heavy atom. The van der Waals surface area contributed by atoms with Gasteiger partial charge >= 0.3 is 0 Å². The fourth-order valence-corrected chi connectivity index (χ4v) is 2.49. The predicted octanol–water partition coefficient (Wildman–Crippen LogP) is 2.98. The van der Waals surface area contributed by atoms with Crippen LogP contribution in [0.25, 0.3) is 0 Å². The van der Waals surface area contributed by atoms with Crippen LogP contribution in [0.3, 0.4) is 0 Å². The average Bonchev–Trinajstić information content (AvgIpc) is 2.51. The second-order valence-electron chi connectivity index (χ2n) is 5.94. The Bertz CT molecular complexity index is 508. The van der Waals surface area contributed by atoms with E-state index in [1.807, 2.05) is 32.8 Å². The first-order valence-electron chi connectivity index (χ1n) is 7.97. The van der Waals surface area contributed by atoms with Gasteiger partial charge in [-0.3, -0.25) is 4.79 Å². The van der Waals surface area contributed by atoms with Crippen LogP contribution in [0.4, 0.5) is 5.69 Å². The molecule has 0 radical (unpaired) electrons. The van der Waals surface area contributed by atoms with E-state index in [0.717, 1.165) is 6.54 Å². The zero-order valence-electron chi connectivity index (χ0n) is 14.5. The van der Waals surface area contributed by atoms with Crippen molar-refractivity contribution in [2.45, 2.75) is 26.7 Å². The monoisotopic (exact) mass is 341 g/mol. The van der Waals surface area contributed by atoms with E-state index in [0.29, 0.717) is 42.5 Å². The van der Waals surface area contributed by atoms with Gasteiger partial charge in [0.15, 0.2) is 0 Å². The molecule has 23 heavy (non-hydrogen) atoms. The largest absolute Gasteiger partial charge is 0.491 e. The summed E-state index contributed by atoms with van der Waals surface area (Å²) in [6.45, 7) is 5.64. The molecule has 0 fully saturated rings. The van der Waals surface area contributed by atoms with Crippen LogP contribution in [0.2, 0.25) is 5.02 Å². The highest BCUT2D eigenvalue weighted by molar-refractivity contribution is 6.32. The number of ether oxygens (including phenoxy) is 1. The van der Waals surface area contributed by atoms with Gasteiger partial charge in [0, 0.05) is 18.8 Å². The molecule has 5 nitrogen and oxygen atoms in total. The summed E-state index contributed by atoms with van der Waals surface area (Å²) >= 11 is 6.23. The highest BCUT2D eigenvalue weighted by atomic mass is 35.5. The Morgan fingerprint density at radius 1 is 1.35 bits per heavy atom. The zero-order chi connectivity index (χ0) is 17.5. The van der Waals surface area contributed by atoms with Crippen LogP contribution in [-0.4, -0.2) is 44.6 Å². The summed E-state index contributed by atoms with van der Waals surface area (Å²) in [6, 6.07) is 5.27. The second-order valence-corrected chi connectivity index (χ2v) is 6.35. The topological polar surface area (TPSA) is 67.6 Å². The number of nitrogens with two attached hydrogens (primary N) is 1. The number of likely N-dealkylation sites (N-methyl/N-ethyl adjacent to an activating group) is 1. The molecule has 0 bridgehead atoms. The standard InChI is InChI=1S/C17H28ClN3O2/c1-5-17(6-2,12-19)16(22)20-13-7-8-15(14(18)11-13)23-10-9-21(3)4/h7-8,11H,5-6,9-10,12,19H2,1-4H3,(H,20,22). The highest BCUT2D eigenvalue weighted by Crippen LogP contribution is 2.30. The van der Waals surface area contributed by atoms with E-state index in [9.17, 15) is 4.79 Å². The van der Waals surface area contributed by atoms with Crippen molar-refractivity contribution >= 4 is 23.2 Å². The Morgan fingerprint density at radius 3 is 2.48 bits per heavy atom. The summed E-state index contributed by atoms with van der Waals surface area (Å²) in [7, 11) is 3.96. The van der Waals surface area contributed by atoms with Crippen LogP contribution in [0.15, 0.2) is 18.2 Å². The van der Waals surface area contributed by atoms with Crippen molar-refractivity contribution in [1.29, 1.82) is 0 Å². The molecule has 0 aliphatic rings. The second kappa shape index (κ2) is 9.11. The van der Waals surface area contributed by atoms with Gasteiger partial charge in [0.2, 0.25) is 5.91 Å². The number of nitrogens with zero attached hydrogens (tertiary/aromatic N) is 1. The Labute approximate surface area is 144 Å². The summed E-state index contributed by atoms with van der Waals surface area (Å²) in [6.07, 6.45) is 1.40. The lowest BCUT2D eigenvalue weighted by Crippen LogP contribution is -2.41. The van der Waals surface area contributed by atoms with Gasteiger partial charge in [-0.2, -0.15) is 0 Å². The van der Waals surface area contributed by atoms with Crippen molar-refractivity contribution in [3.63, 3.8) is 0 Å². The molecule has 0 saturated heterocycles. The number of benzene rings is 1. The van der Waals surface area contributed by atoms with Crippen molar-refractivity contribution in [2.75, 3.05) is 39.1 Å². The quantitative estimate of drug-likeness (QED) is 0.724. The lowest BCUT2D eigenvalue weighted by atomic mass is 9.81. The summed E-state index contributed by atoms with van der Waals surface area (Å²) in [5.41, 5.74) is 5.92. The molecule has 0 aromatic heterocycles. The average molecular weight is 342 g/mol. The van der Waals surface area contributed by atoms with Crippen LogP contribution < -0.4 is 15.8 Å². The Balaban J connectivity index is 2.76. The first-order valence-corrected chi connectivity index (χ1v) is 8.35. The Hall–Kier alpha value is -1.30. The van der Waals surface area contributed by atoms with Crippen molar-refractivity contribution in [2.24, 2.45) is 11.1 Å². The molecular weight excluding hydrogens is 314 g/mol. The van der Waals surface area contributed by atoms with Crippen molar-refractivity contribution in [3.05, 3.63) is 23.2 Å². The van der Waals surface area contributed by atoms with Crippen LogP contribution in [0.1, 0.15) is 26.7 Å². The summed E-state index contributed by atoms with van der Waals surface area (Å²) < 4.78 is 5.63. The molecule has 0 unspecified atom stereocenters. The summed E-state index contributed by atoms with van der Waals surface area (Å²) in [5.74, 6) is 0.546. The third-order valence-corrected chi connectivity index (χ3v) is 4.51. The van der Waals surface area contributed by atoms with E-state index >= 15 is 0 Å². The molecule has 3 N–H and O–H groups in total. The van der Waals surface area contributed by atoms with Gasteiger partial charge in [0.05, 0.1) is 10.4 Å². The minimum absolute atomic E-state index is 0.0673. The molecule has 1 aromatic carbocycles. The molecule has 0 heterocycles. The predicted molar refractivity (Wildman–Crippen MR) is 96.2 cm³/mol. The molecule has 130 valence electrons. The van der Waals surface area contributed by atoms with Crippen LogP contribution >= 0.6 is 11.6 Å². The number of rotatable bonds is 9. The lowest BCUT2D eigenvalue weighted by Gasteiger charge is -2.28. The third kappa shape index (κ3) is 5.37. The molecule has 1 amide bonds. The van der Waals surface area contributed by atoms with E-state index in [4.69, 9.17) is 22.1 Å². The number of carbonyl (C=O) groups excluding carboxylic acids is 1. The van der Waals surface area contributed by atoms with Gasteiger partial charge in [-0.1, -0.05) is 25.4 Å². The fourth-order valence-electron chi connectivity index (χ4n) is 2.25. The molecule has 0 atom stereocenters. The van der Waals surface area contributed by atoms with Gasteiger partial charge in [-0.15, -0.1) is 0 Å². The number of nitrogens with one attached hydrogen (secondary N) is 1. The molecule has 6 heteroatoms. The highest BCUT2D eigenvalue weighted by Gasteiger charge is 2.33.